The lowest BCUT2D eigenvalue weighted by atomic mass is 9.96. The number of hydrogen-bond acceptors (Lipinski definition) is 3. The molecule has 0 aliphatic rings. The van der Waals surface area contributed by atoms with Crippen molar-refractivity contribution >= 4 is 23.6 Å². The van der Waals surface area contributed by atoms with Crippen molar-refractivity contribution in [3.63, 3.8) is 0 Å². The van der Waals surface area contributed by atoms with E-state index >= 15 is 0 Å². The van der Waals surface area contributed by atoms with Crippen molar-refractivity contribution in [2.75, 3.05) is 13.1 Å². The largest absolute Gasteiger partial charge is 0.481 e. The Labute approximate surface area is 128 Å². The summed E-state index contributed by atoms with van der Waals surface area (Å²) in [6.45, 7) is 1.80. The zero-order valence-electron chi connectivity index (χ0n) is 11.7. The van der Waals surface area contributed by atoms with Crippen LogP contribution in [0.3, 0.4) is 0 Å². The van der Waals surface area contributed by atoms with Crippen LogP contribution in [-0.4, -0.2) is 35.3 Å². The normalized spacial score (nSPS) is 13.3. The van der Waals surface area contributed by atoms with Gasteiger partial charge in [-0.25, -0.2) is 4.79 Å². The highest BCUT2D eigenvalue weighted by atomic mass is 35.5. The number of rotatable bonds is 7. The number of carboxylic acid groups (broad SMARTS) is 1. The van der Waals surface area contributed by atoms with Gasteiger partial charge in [-0.1, -0.05) is 29.8 Å². The fourth-order valence-corrected chi connectivity index (χ4v) is 2.09. The van der Waals surface area contributed by atoms with Gasteiger partial charge in [0.1, 0.15) is 5.60 Å². The van der Waals surface area contributed by atoms with E-state index in [1.807, 2.05) is 0 Å². The number of aliphatic carboxylic acids is 1. The summed E-state index contributed by atoms with van der Waals surface area (Å²) in [6.07, 6.45) is 0.348. The molecule has 21 heavy (non-hydrogen) atoms. The van der Waals surface area contributed by atoms with Crippen molar-refractivity contribution in [1.29, 1.82) is 0 Å². The standard InChI is InChI=1S/C14H19ClN2O4/c1-14(21,10-5-2-3-6-11(10)15)9-17-13(20)16-8-4-7-12(18)19/h2-3,5-6,21H,4,7-9H2,1H3,(H,18,19)(H2,16,17,20). The van der Waals surface area contributed by atoms with E-state index in [-0.39, 0.29) is 19.5 Å². The predicted octanol–water partition coefficient (Wildman–Crippen LogP) is 1.71. The van der Waals surface area contributed by atoms with Gasteiger partial charge in [-0.15, -0.1) is 0 Å². The lowest BCUT2D eigenvalue weighted by Crippen LogP contribution is -2.43. The monoisotopic (exact) mass is 314 g/mol. The molecule has 1 rings (SSSR count). The fraction of sp³-hybridized carbons (Fsp3) is 0.429. The molecule has 0 aliphatic carbocycles. The Kier molecular flexibility index (Phi) is 6.45. The molecule has 0 saturated carbocycles. The van der Waals surface area contributed by atoms with Gasteiger partial charge in [0.05, 0.1) is 6.54 Å². The number of amides is 2. The molecule has 0 spiro atoms. The quantitative estimate of drug-likeness (QED) is 0.576. The molecule has 0 radical (unpaired) electrons. The van der Waals surface area contributed by atoms with E-state index in [1.165, 1.54) is 0 Å². The second-order valence-corrected chi connectivity index (χ2v) is 5.27. The molecule has 116 valence electrons. The van der Waals surface area contributed by atoms with E-state index in [9.17, 15) is 14.7 Å². The maximum atomic E-state index is 11.5. The molecule has 1 aromatic rings. The third-order valence-electron chi connectivity index (χ3n) is 2.90. The van der Waals surface area contributed by atoms with Crippen LogP contribution >= 0.6 is 11.6 Å². The smallest absolute Gasteiger partial charge is 0.314 e. The van der Waals surface area contributed by atoms with Crippen molar-refractivity contribution in [3.8, 4) is 0 Å². The van der Waals surface area contributed by atoms with E-state index in [0.717, 1.165) is 0 Å². The maximum absolute atomic E-state index is 11.5. The van der Waals surface area contributed by atoms with Gasteiger partial charge in [-0.3, -0.25) is 4.79 Å². The summed E-state index contributed by atoms with van der Waals surface area (Å²) in [6, 6.07) is 6.39. The number of urea groups is 1. The van der Waals surface area contributed by atoms with Crippen LogP contribution in [0.5, 0.6) is 0 Å². The van der Waals surface area contributed by atoms with Crippen LogP contribution < -0.4 is 10.6 Å². The third-order valence-corrected chi connectivity index (χ3v) is 3.23. The molecule has 0 aliphatic heterocycles. The SMILES string of the molecule is CC(O)(CNC(=O)NCCCC(=O)O)c1ccccc1Cl. The molecular formula is C14H19ClN2O4. The zero-order valence-corrected chi connectivity index (χ0v) is 12.5. The Morgan fingerprint density at radius 1 is 1.29 bits per heavy atom. The molecule has 6 nitrogen and oxygen atoms in total. The van der Waals surface area contributed by atoms with E-state index in [1.54, 1.807) is 31.2 Å². The highest BCUT2D eigenvalue weighted by Gasteiger charge is 2.25. The molecule has 1 unspecified atom stereocenters. The number of aliphatic hydroxyl groups is 1. The topological polar surface area (TPSA) is 98.7 Å². The molecule has 0 heterocycles. The van der Waals surface area contributed by atoms with Gasteiger partial charge >= 0.3 is 12.0 Å². The first-order valence-electron chi connectivity index (χ1n) is 6.54. The van der Waals surface area contributed by atoms with Crippen LogP contribution in [0.4, 0.5) is 4.79 Å². The summed E-state index contributed by atoms with van der Waals surface area (Å²) in [5.41, 5.74) is -0.769. The molecule has 0 fully saturated rings. The maximum Gasteiger partial charge on any atom is 0.314 e. The van der Waals surface area contributed by atoms with Crippen LogP contribution in [-0.2, 0) is 10.4 Å². The zero-order chi connectivity index (χ0) is 15.9. The van der Waals surface area contributed by atoms with E-state index in [0.29, 0.717) is 17.0 Å². The minimum atomic E-state index is -1.29. The number of hydrogen-bond donors (Lipinski definition) is 4. The highest BCUT2D eigenvalue weighted by molar-refractivity contribution is 6.31. The van der Waals surface area contributed by atoms with Gasteiger partial charge in [0.2, 0.25) is 0 Å². The second kappa shape index (κ2) is 7.85. The van der Waals surface area contributed by atoms with Crippen molar-refractivity contribution in [2.45, 2.75) is 25.4 Å². The Morgan fingerprint density at radius 3 is 2.57 bits per heavy atom. The van der Waals surface area contributed by atoms with Crippen LogP contribution in [0.15, 0.2) is 24.3 Å². The third kappa shape index (κ3) is 6.01. The minimum Gasteiger partial charge on any atom is -0.481 e. The van der Waals surface area contributed by atoms with Crippen molar-refractivity contribution < 1.29 is 19.8 Å². The predicted molar refractivity (Wildman–Crippen MR) is 79.3 cm³/mol. The first-order chi connectivity index (χ1) is 9.83. The summed E-state index contributed by atoms with van der Waals surface area (Å²) >= 11 is 6.01. The Morgan fingerprint density at radius 2 is 1.95 bits per heavy atom. The lowest BCUT2D eigenvalue weighted by Gasteiger charge is -2.25. The fourth-order valence-electron chi connectivity index (χ4n) is 1.75. The van der Waals surface area contributed by atoms with Gasteiger partial charge in [-0.2, -0.15) is 0 Å². The molecule has 4 N–H and O–H groups in total. The van der Waals surface area contributed by atoms with Crippen LogP contribution in [0.2, 0.25) is 5.02 Å². The Hall–Kier alpha value is -1.79. The van der Waals surface area contributed by atoms with Gasteiger partial charge in [0.25, 0.3) is 0 Å². The first kappa shape index (κ1) is 17.3. The highest BCUT2D eigenvalue weighted by Crippen LogP contribution is 2.26. The number of carbonyl (C=O) groups excluding carboxylic acids is 1. The van der Waals surface area contributed by atoms with Gasteiger partial charge < -0.3 is 20.8 Å². The average molecular weight is 315 g/mol. The first-order valence-corrected chi connectivity index (χ1v) is 6.91. The minimum absolute atomic E-state index is 0.00236. The van der Waals surface area contributed by atoms with Gasteiger partial charge in [-0.05, 0) is 19.4 Å². The molecule has 0 saturated heterocycles. The number of carboxylic acids is 1. The Balaban J connectivity index is 2.41. The van der Waals surface area contributed by atoms with Gasteiger partial charge in [0.15, 0.2) is 0 Å². The van der Waals surface area contributed by atoms with Crippen molar-refractivity contribution in [2.24, 2.45) is 0 Å². The van der Waals surface area contributed by atoms with E-state index in [2.05, 4.69) is 10.6 Å². The number of benzene rings is 1. The number of nitrogens with one attached hydrogen (secondary N) is 2. The van der Waals surface area contributed by atoms with Crippen molar-refractivity contribution in [1.82, 2.24) is 10.6 Å². The van der Waals surface area contributed by atoms with Crippen LogP contribution in [0.1, 0.15) is 25.3 Å². The molecule has 1 atom stereocenters. The molecule has 1 aromatic carbocycles. The summed E-state index contributed by atoms with van der Waals surface area (Å²) in [5, 5.41) is 24.3. The lowest BCUT2D eigenvalue weighted by molar-refractivity contribution is -0.137. The summed E-state index contributed by atoms with van der Waals surface area (Å²) in [4.78, 5) is 21.9. The van der Waals surface area contributed by atoms with Crippen LogP contribution in [0.25, 0.3) is 0 Å². The number of halogens is 1. The summed E-state index contributed by atoms with van der Waals surface area (Å²) in [7, 11) is 0. The number of carbonyl (C=O) groups is 2. The molecule has 0 aromatic heterocycles. The van der Waals surface area contributed by atoms with E-state index < -0.39 is 17.6 Å². The van der Waals surface area contributed by atoms with E-state index in [4.69, 9.17) is 16.7 Å². The summed E-state index contributed by atoms with van der Waals surface area (Å²) < 4.78 is 0. The average Bonchev–Trinajstić information content (AvgIpc) is 2.41. The molecule has 0 bridgehead atoms. The van der Waals surface area contributed by atoms with Crippen LogP contribution in [0, 0.1) is 0 Å². The van der Waals surface area contributed by atoms with Gasteiger partial charge in [0, 0.05) is 23.6 Å². The summed E-state index contributed by atoms with van der Waals surface area (Å²) in [5.74, 6) is -0.904. The second-order valence-electron chi connectivity index (χ2n) is 4.86. The Bertz CT molecular complexity index is 506. The van der Waals surface area contributed by atoms with Crippen molar-refractivity contribution in [3.05, 3.63) is 34.9 Å². The molecular weight excluding hydrogens is 296 g/mol. The molecule has 7 heteroatoms. The molecule has 2 amide bonds.